The molecule has 1 heterocycles. The number of amides is 2. The molecule has 2 amide bonds. The first-order valence-electron chi connectivity index (χ1n) is 8.43. The van der Waals surface area contributed by atoms with E-state index in [-0.39, 0.29) is 13.2 Å². The van der Waals surface area contributed by atoms with Crippen LogP contribution in [0.15, 0.2) is 48.5 Å². The number of hydrogen-bond donors (Lipinski definition) is 0. The van der Waals surface area contributed by atoms with Crippen LogP contribution in [0.1, 0.15) is 27.6 Å². The third kappa shape index (κ3) is 3.76. The second-order valence-corrected chi connectivity index (χ2v) is 5.89. The molecule has 1 unspecified atom stereocenters. The fraction of sp³-hybridized carbons (Fsp3) is 0.250. The highest BCUT2D eigenvalue weighted by Crippen LogP contribution is 2.24. The summed E-state index contributed by atoms with van der Waals surface area (Å²) in [6, 6.07) is 12.5. The summed E-state index contributed by atoms with van der Waals surface area (Å²) < 4.78 is 15.7. The van der Waals surface area contributed by atoms with E-state index in [1.165, 1.54) is 6.92 Å². The van der Waals surface area contributed by atoms with Crippen LogP contribution in [-0.2, 0) is 9.53 Å². The van der Waals surface area contributed by atoms with Gasteiger partial charge in [-0.15, -0.1) is 0 Å². The maximum absolute atomic E-state index is 12.4. The largest absolute Gasteiger partial charge is 0.497 e. The molecular weight excluding hydrogens is 350 g/mol. The molecule has 0 spiro atoms. The van der Waals surface area contributed by atoms with Gasteiger partial charge in [0.1, 0.15) is 30.8 Å². The Kier molecular flexibility index (Phi) is 5.40. The van der Waals surface area contributed by atoms with Crippen molar-refractivity contribution >= 4 is 17.8 Å². The van der Waals surface area contributed by atoms with Crippen LogP contribution >= 0.6 is 0 Å². The van der Waals surface area contributed by atoms with Crippen molar-refractivity contribution in [3.63, 3.8) is 0 Å². The minimum Gasteiger partial charge on any atom is -0.497 e. The van der Waals surface area contributed by atoms with E-state index in [9.17, 15) is 14.4 Å². The predicted octanol–water partition coefficient (Wildman–Crippen LogP) is 2.30. The third-order valence-electron chi connectivity index (χ3n) is 4.21. The molecule has 140 valence electrons. The zero-order chi connectivity index (χ0) is 19.4. The van der Waals surface area contributed by atoms with Gasteiger partial charge in [0.05, 0.1) is 18.2 Å². The van der Waals surface area contributed by atoms with Crippen LogP contribution in [0.4, 0.5) is 0 Å². The van der Waals surface area contributed by atoms with E-state index in [0.29, 0.717) is 22.6 Å². The lowest BCUT2D eigenvalue weighted by atomic mass is 10.1. The third-order valence-corrected chi connectivity index (χ3v) is 4.21. The number of benzene rings is 2. The van der Waals surface area contributed by atoms with E-state index in [2.05, 4.69) is 0 Å². The Hall–Kier alpha value is -3.35. The number of fused-ring (bicyclic) bond motifs is 1. The Morgan fingerprint density at radius 3 is 2.04 bits per heavy atom. The van der Waals surface area contributed by atoms with Gasteiger partial charge in [0.15, 0.2) is 0 Å². The van der Waals surface area contributed by atoms with Gasteiger partial charge in [0, 0.05) is 0 Å². The molecule has 0 fully saturated rings. The predicted molar refractivity (Wildman–Crippen MR) is 95.9 cm³/mol. The Bertz CT molecular complexity index is 826. The molecule has 1 atom stereocenters. The van der Waals surface area contributed by atoms with E-state index in [4.69, 9.17) is 14.2 Å². The second kappa shape index (κ2) is 7.90. The van der Waals surface area contributed by atoms with Crippen molar-refractivity contribution in [2.24, 2.45) is 0 Å². The van der Waals surface area contributed by atoms with Gasteiger partial charge < -0.3 is 14.2 Å². The number of hydrogen-bond acceptors (Lipinski definition) is 6. The Morgan fingerprint density at radius 2 is 1.48 bits per heavy atom. The second-order valence-electron chi connectivity index (χ2n) is 5.89. The van der Waals surface area contributed by atoms with Gasteiger partial charge in [-0.3, -0.25) is 14.5 Å². The van der Waals surface area contributed by atoms with Crippen molar-refractivity contribution in [3.8, 4) is 11.5 Å². The zero-order valence-corrected chi connectivity index (χ0v) is 15.0. The van der Waals surface area contributed by atoms with Crippen molar-refractivity contribution in [1.82, 2.24) is 4.90 Å². The Labute approximate surface area is 156 Å². The molecule has 0 aliphatic carbocycles. The van der Waals surface area contributed by atoms with Gasteiger partial charge in [0.2, 0.25) is 0 Å². The van der Waals surface area contributed by atoms with E-state index >= 15 is 0 Å². The van der Waals surface area contributed by atoms with Crippen molar-refractivity contribution in [2.75, 3.05) is 20.3 Å². The monoisotopic (exact) mass is 369 g/mol. The van der Waals surface area contributed by atoms with Gasteiger partial charge in [0.25, 0.3) is 11.8 Å². The lowest BCUT2D eigenvalue weighted by Crippen LogP contribution is -2.44. The first-order chi connectivity index (χ1) is 13.0. The maximum Gasteiger partial charge on any atom is 0.329 e. The average Bonchev–Trinajstić information content (AvgIpc) is 2.95. The molecule has 7 nitrogen and oxygen atoms in total. The highest BCUT2D eigenvalue weighted by molar-refractivity contribution is 6.22. The van der Waals surface area contributed by atoms with Crippen molar-refractivity contribution in [2.45, 2.75) is 13.0 Å². The van der Waals surface area contributed by atoms with Gasteiger partial charge >= 0.3 is 5.97 Å². The van der Waals surface area contributed by atoms with Gasteiger partial charge in [-0.2, -0.15) is 0 Å². The summed E-state index contributed by atoms with van der Waals surface area (Å²) >= 11 is 0. The lowest BCUT2D eigenvalue weighted by Gasteiger charge is -2.20. The van der Waals surface area contributed by atoms with Gasteiger partial charge in [-0.25, -0.2) is 4.79 Å². The molecular formula is C20H19NO6. The Balaban J connectivity index is 1.51. The molecule has 3 rings (SSSR count). The van der Waals surface area contributed by atoms with Crippen LogP contribution in [0.3, 0.4) is 0 Å². The summed E-state index contributed by atoms with van der Waals surface area (Å²) in [6.45, 7) is 1.61. The van der Waals surface area contributed by atoms with Crippen LogP contribution in [-0.4, -0.2) is 49.0 Å². The fourth-order valence-corrected chi connectivity index (χ4v) is 2.76. The molecule has 0 radical (unpaired) electrons. The molecule has 0 N–H and O–H groups in total. The summed E-state index contributed by atoms with van der Waals surface area (Å²) in [4.78, 5) is 37.9. The van der Waals surface area contributed by atoms with E-state index in [0.717, 1.165) is 4.90 Å². The van der Waals surface area contributed by atoms with E-state index in [1.807, 2.05) is 0 Å². The molecule has 0 aromatic heterocycles. The number of rotatable bonds is 7. The summed E-state index contributed by atoms with van der Waals surface area (Å²) in [5.41, 5.74) is 0.593. The number of nitrogens with zero attached hydrogens (tertiary/aromatic N) is 1. The minimum atomic E-state index is -1.02. The first kappa shape index (κ1) is 18.4. The van der Waals surface area contributed by atoms with Crippen molar-refractivity contribution in [3.05, 3.63) is 59.7 Å². The number of ether oxygens (including phenoxy) is 3. The maximum atomic E-state index is 12.4. The molecule has 0 saturated carbocycles. The van der Waals surface area contributed by atoms with Crippen LogP contribution < -0.4 is 9.47 Å². The van der Waals surface area contributed by atoms with Gasteiger partial charge in [-0.1, -0.05) is 12.1 Å². The SMILES string of the molecule is COc1ccc(OCCOC(=O)C(C)N2C(=O)c3ccccc3C2=O)cc1. The quantitative estimate of drug-likeness (QED) is 0.423. The van der Waals surface area contributed by atoms with Crippen molar-refractivity contribution in [1.29, 1.82) is 0 Å². The van der Waals surface area contributed by atoms with Crippen LogP contribution in [0.25, 0.3) is 0 Å². The highest BCUT2D eigenvalue weighted by Gasteiger charge is 2.41. The molecule has 2 aromatic carbocycles. The van der Waals surface area contributed by atoms with Crippen LogP contribution in [0.2, 0.25) is 0 Å². The number of carbonyl (C=O) groups excluding carboxylic acids is 3. The number of carbonyl (C=O) groups is 3. The smallest absolute Gasteiger partial charge is 0.329 e. The fourth-order valence-electron chi connectivity index (χ4n) is 2.76. The van der Waals surface area contributed by atoms with Crippen LogP contribution in [0.5, 0.6) is 11.5 Å². The lowest BCUT2D eigenvalue weighted by molar-refractivity contribution is -0.148. The molecule has 1 aliphatic heterocycles. The molecule has 0 saturated heterocycles. The molecule has 27 heavy (non-hydrogen) atoms. The average molecular weight is 369 g/mol. The molecule has 1 aliphatic rings. The first-order valence-corrected chi connectivity index (χ1v) is 8.43. The Morgan fingerprint density at radius 1 is 0.926 bits per heavy atom. The van der Waals surface area contributed by atoms with E-state index in [1.54, 1.807) is 55.6 Å². The van der Waals surface area contributed by atoms with E-state index < -0.39 is 23.8 Å². The normalized spacial score (nSPS) is 13.9. The standard InChI is InChI=1S/C20H19NO6/c1-13(21-18(22)16-5-3-4-6-17(16)19(21)23)20(24)27-12-11-26-15-9-7-14(25-2)8-10-15/h3-10,13H,11-12H2,1-2H3. The molecule has 0 bridgehead atoms. The van der Waals surface area contributed by atoms with Crippen LogP contribution in [0, 0.1) is 0 Å². The molecule has 2 aromatic rings. The number of esters is 1. The summed E-state index contributed by atoms with van der Waals surface area (Å²) in [6.07, 6.45) is 0. The number of imide groups is 1. The van der Waals surface area contributed by atoms with Gasteiger partial charge in [-0.05, 0) is 43.3 Å². The summed E-state index contributed by atoms with van der Waals surface area (Å²) in [5, 5.41) is 0. The molecule has 7 heteroatoms. The summed E-state index contributed by atoms with van der Waals surface area (Å²) in [7, 11) is 1.57. The van der Waals surface area contributed by atoms with Crippen molar-refractivity contribution < 1.29 is 28.6 Å². The summed E-state index contributed by atoms with van der Waals surface area (Å²) in [5.74, 6) is -0.323. The topological polar surface area (TPSA) is 82.1 Å². The zero-order valence-electron chi connectivity index (χ0n) is 15.0. The minimum absolute atomic E-state index is 0.00162. The highest BCUT2D eigenvalue weighted by atomic mass is 16.6. The number of methoxy groups -OCH3 is 1.